The third kappa shape index (κ3) is 3.40. The largest absolute Gasteiger partial charge is 0.460 e. The third-order valence-corrected chi connectivity index (χ3v) is 4.71. The fraction of sp³-hybridized carbons (Fsp3) is 0.273. The van der Waals surface area contributed by atoms with Gasteiger partial charge < -0.3 is 9.73 Å². The van der Waals surface area contributed by atoms with Crippen molar-refractivity contribution in [2.45, 2.75) is 40.0 Å². The van der Waals surface area contributed by atoms with Gasteiger partial charge in [0, 0.05) is 12.1 Å². The number of hydrogen-bond acceptors (Lipinski definition) is 3. The molecular formula is C22H23NO3. The first kappa shape index (κ1) is 17.9. The number of rotatable bonds is 5. The molecule has 0 aliphatic rings. The summed E-state index contributed by atoms with van der Waals surface area (Å²) in [6.45, 7) is 6.00. The van der Waals surface area contributed by atoms with Crippen molar-refractivity contribution in [2.75, 3.05) is 5.32 Å². The van der Waals surface area contributed by atoms with Crippen LogP contribution < -0.4 is 10.7 Å². The summed E-state index contributed by atoms with van der Waals surface area (Å²) in [4.78, 5) is 25.9. The molecule has 0 saturated carbocycles. The number of anilines is 1. The maximum atomic E-state index is 13.0. The van der Waals surface area contributed by atoms with Crippen LogP contribution in [0.25, 0.3) is 11.0 Å². The van der Waals surface area contributed by atoms with Gasteiger partial charge in [0.25, 0.3) is 5.91 Å². The van der Waals surface area contributed by atoms with Gasteiger partial charge in [-0.15, -0.1) is 0 Å². The van der Waals surface area contributed by atoms with E-state index < -0.39 is 5.91 Å². The van der Waals surface area contributed by atoms with Crippen LogP contribution in [-0.2, 0) is 6.42 Å². The number of nitrogens with one attached hydrogen (secondary N) is 1. The number of benzene rings is 2. The Bertz CT molecular complexity index is 1020. The van der Waals surface area contributed by atoms with Crippen molar-refractivity contribution in [1.29, 1.82) is 0 Å². The van der Waals surface area contributed by atoms with Gasteiger partial charge in [-0.05, 0) is 49.6 Å². The summed E-state index contributed by atoms with van der Waals surface area (Å²) in [5.41, 5.74) is 3.13. The lowest BCUT2D eigenvalue weighted by molar-refractivity contribution is 0.102. The van der Waals surface area contributed by atoms with Gasteiger partial charge in [0.2, 0.25) is 5.43 Å². The molecule has 3 rings (SSSR count). The van der Waals surface area contributed by atoms with Crippen molar-refractivity contribution in [2.24, 2.45) is 0 Å². The molecule has 1 heterocycles. The number of carbonyl (C=O) groups is 1. The zero-order chi connectivity index (χ0) is 18.7. The van der Waals surface area contributed by atoms with E-state index in [0.29, 0.717) is 28.8 Å². The minimum atomic E-state index is -0.413. The van der Waals surface area contributed by atoms with Crippen molar-refractivity contribution in [3.05, 3.63) is 75.1 Å². The molecule has 0 radical (unpaired) electrons. The van der Waals surface area contributed by atoms with Crippen molar-refractivity contribution in [3.63, 3.8) is 0 Å². The fourth-order valence-electron chi connectivity index (χ4n) is 3.00. The molecular weight excluding hydrogens is 326 g/mol. The number of hydrogen-bond donors (Lipinski definition) is 1. The van der Waals surface area contributed by atoms with Crippen molar-refractivity contribution in [1.82, 2.24) is 0 Å². The molecule has 1 N–H and O–H groups in total. The summed E-state index contributed by atoms with van der Waals surface area (Å²) >= 11 is 0. The highest BCUT2D eigenvalue weighted by molar-refractivity contribution is 6.06. The number of aryl methyl sites for hydroxylation is 2. The van der Waals surface area contributed by atoms with E-state index in [2.05, 4.69) is 12.2 Å². The molecule has 26 heavy (non-hydrogen) atoms. The summed E-state index contributed by atoms with van der Waals surface area (Å²) in [5, 5.41) is 3.32. The predicted octanol–water partition coefficient (Wildman–Crippen LogP) is 5.00. The molecule has 0 aliphatic carbocycles. The molecule has 0 spiro atoms. The Morgan fingerprint density at radius 2 is 1.85 bits per heavy atom. The number of fused-ring (bicyclic) bond motifs is 1. The van der Waals surface area contributed by atoms with Crippen molar-refractivity contribution in [3.8, 4) is 0 Å². The first-order valence-electron chi connectivity index (χ1n) is 8.95. The molecule has 1 aromatic heterocycles. The minimum absolute atomic E-state index is 0.109. The van der Waals surface area contributed by atoms with E-state index in [1.54, 1.807) is 18.2 Å². The molecule has 0 saturated heterocycles. The SMILES string of the molecule is CCCCc1oc2ccccc2c(=O)c1C(=O)Nc1cccc(C)c1C. The Morgan fingerprint density at radius 3 is 2.62 bits per heavy atom. The van der Waals surface area contributed by atoms with Gasteiger partial charge in [-0.1, -0.05) is 37.6 Å². The number of amides is 1. The van der Waals surface area contributed by atoms with Crippen LogP contribution in [0, 0.1) is 13.8 Å². The normalized spacial score (nSPS) is 10.9. The molecule has 3 aromatic rings. The van der Waals surface area contributed by atoms with E-state index in [-0.39, 0.29) is 11.0 Å². The monoisotopic (exact) mass is 349 g/mol. The highest BCUT2D eigenvalue weighted by Crippen LogP contribution is 2.21. The quantitative estimate of drug-likeness (QED) is 0.705. The molecule has 0 atom stereocenters. The molecule has 0 unspecified atom stereocenters. The number of unbranched alkanes of at least 4 members (excludes halogenated alkanes) is 1. The molecule has 4 nitrogen and oxygen atoms in total. The lowest BCUT2D eigenvalue weighted by Crippen LogP contribution is -2.24. The Hall–Kier alpha value is -2.88. The Morgan fingerprint density at radius 1 is 1.08 bits per heavy atom. The van der Waals surface area contributed by atoms with Crippen LogP contribution in [0.1, 0.15) is 47.0 Å². The van der Waals surface area contributed by atoms with Crippen LogP contribution in [0.4, 0.5) is 5.69 Å². The van der Waals surface area contributed by atoms with Crippen molar-refractivity contribution < 1.29 is 9.21 Å². The summed E-state index contributed by atoms with van der Waals surface area (Å²) in [6.07, 6.45) is 2.37. The van der Waals surface area contributed by atoms with E-state index in [1.165, 1.54) is 0 Å². The molecule has 0 aliphatic heterocycles. The van der Waals surface area contributed by atoms with Crippen molar-refractivity contribution >= 4 is 22.6 Å². The lowest BCUT2D eigenvalue weighted by Gasteiger charge is -2.13. The first-order chi connectivity index (χ1) is 12.5. The number of para-hydroxylation sites is 1. The van der Waals surface area contributed by atoms with E-state index >= 15 is 0 Å². The smallest absolute Gasteiger partial charge is 0.263 e. The fourth-order valence-corrected chi connectivity index (χ4v) is 3.00. The zero-order valence-corrected chi connectivity index (χ0v) is 15.4. The van der Waals surface area contributed by atoms with Crippen LogP contribution >= 0.6 is 0 Å². The third-order valence-electron chi connectivity index (χ3n) is 4.71. The average Bonchev–Trinajstić information content (AvgIpc) is 2.63. The van der Waals surface area contributed by atoms with Gasteiger partial charge in [-0.2, -0.15) is 0 Å². The van der Waals surface area contributed by atoms with E-state index in [4.69, 9.17) is 4.42 Å². The Kier molecular flexibility index (Phi) is 5.21. The molecule has 0 bridgehead atoms. The summed E-state index contributed by atoms with van der Waals surface area (Å²) < 4.78 is 5.93. The second kappa shape index (κ2) is 7.56. The first-order valence-corrected chi connectivity index (χ1v) is 8.95. The van der Waals surface area contributed by atoms with E-state index in [1.807, 2.05) is 38.1 Å². The van der Waals surface area contributed by atoms with Gasteiger partial charge in [-0.25, -0.2) is 0 Å². The van der Waals surface area contributed by atoms with Gasteiger partial charge in [0.15, 0.2) is 0 Å². The van der Waals surface area contributed by atoms with Crippen LogP contribution in [0.3, 0.4) is 0 Å². The van der Waals surface area contributed by atoms with E-state index in [9.17, 15) is 9.59 Å². The average molecular weight is 349 g/mol. The van der Waals surface area contributed by atoms with Crippen LogP contribution in [0.15, 0.2) is 51.7 Å². The molecule has 1 amide bonds. The molecule has 134 valence electrons. The van der Waals surface area contributed by atoms with Gasteiger partial charge >= 0.3 is 0 Å². The maximum Gasteiger partial charge on any atom is 0.263 e. The Labute approximate surface area is 152 Å². The second-order valence-corrected chi connectivity index (χ2v) is 6.53. The predicted molar refractivity (Wildman–Crippen MR) is 105 cm³/mol. The second-order valence-electron chi connectivity index (χ2n) is 6.53. The van der Waals surface area contributed by atoms with Gasteiger partial charge in [0.05, 0.1) is 5.39 Å². The molecule has 2 aromatic carbocycles. The number of carbonyl (C=O) groups excluding carboxylic acids is 1. The van der Waals surface area contributed by atoms with E-state index in [0.717, 1.165) is 24.0 Å². The molecule has 4 heteroatoms. The van der Waals surface area contributed by atoms with Gasteiger partial charge in [0.1, 0.15) is 16.9 Å². The standard InChI is InChI=1S/C22H23NO3/c1-4-5-12-19-20(21(24)16-10-6-7-13-18(16)26-19)22(25)23-17-11-8-9-14(2)15(17)3/h6-11,13H,4-5,12H2,1-3H3,(H,23,25). The van der Waals surface area contributed by atoms with Gasteiger partial charge in [-0.3, -0.25) is 9.59 Å². The topological polar surface area (TPSA) is 59.3 Å². The maximum absolute atomic E-state index is 13.0. The summed E-state index contributed by atoms with van der Waals surface area (Å²) in [6, 6.07) is 12.8. The zero-order valence-electron chi connectivity index (χ0n) is 15.4. The highest BCUT2D eigenvalue weighted by Gasteiger charge is 2.21. The summed E-state index contributed by atoms with van der Waals surface area (Å²) in [5.74, 6) is 0.0441. The van der Waals surface area contributed by atoms with Crippen LogP contribution in [0.5, 0.6) is 0 Å². The minimum Gasteiger partial charge on any atom is -0.460 e. The lowest BCUT2D eigenvalue weighted by atomic mass is 10.0. The Balaban J connectivity index is 2.09. The van der Waals surface area contributed by atoms with Crippen LogP contribution in [-0.4, -0.2) is 5.91 Å². The van der Waals surface area contributed by atoms with Crippen LogP contribution in [0.2, 0.25) is 0 Å². The molecule has 0 fully saturated rings. The highest BCUT2D eigenvalue weighted by atomic mass is 16.3. The summed E-state index contributed by atoms with van der Waals surface area (Å²) in [7, 11) is 0.